The van der Waals surface area contributed by atoms with Gasteiger partial charge in [0.25, 0.3) is 0 Å². The van der Waals surface area contributed by atoms with Crippen LogP contribution in [-0.2, 0) is 19.0 Å². The average Bonchev–Trinajstić information content (AvgIpc) is 3.50. The summed E-state index contributed by atoms with van der Waals surface area (Å²) in [4.78, 5) is 11.3. The normalized spacial score (nSPS) is 23.2. The van der Waals surface area contributed by atoms with Crippen LogP contribution in [0.5, 0.6) is 17.2 Å². The number of hydrogen-bond donors (Lipinski definition) is 1. The Labute approximate surface area is 317 Å². The standard InChI is InChI=1S/C25H30O4.C13H20O2.C8H8O/c1-3-26-20(2)28-23-15-11-21(12-16-23)8-4-5-9-22-13-17-24(18-14-22)29-25-10-6-7-19-27-25;1-5-11(14)15-10-8-9-6-7-13(10,4)12(9,2)3;1-2-7-3-5-8(9)6-4-7/h4-5,8-9,11-18,20,25H,3,6-7,10,19H2,1-2H3;5,9-10H,1,6-8H2,2-4H3;2-6,9H,1H2. The second-order valence-corrected chi connectivity index (χ2v) is 14.4. The first-order valence-electron chi connectivity index (χ1n) is 18.8. The van der Waals surface area contributed by atoms with Gasteiger partial charge < -0.3 is 28.8 Å². The first-order chi connectivity index (χ1) is 25.5. The molecule has 3 aromatic carbocycles. The lowest BCUT2D eigenvalue weighted by Crippen LogP contribution is -2.38. The Kier molecular flexibility index (Phi) is 15.6. The van der Waals surface area contributed by atoms with E-state index in [9.17, 15) is 4.79 Å². The summed E-state index contributed by atoms with van der Waals surface area (Å²) in [6, 6.07) is 22.9. The zero-order valence-electron chi connectivity index (χ0n) is 32.2. The molecule has 0 amide bonds. The van der Waals surface area contributed by atoms with Crippen LogP contribution in [0.1, 0.15) is 89.8 Å². The third-order valence-electron chi connectivity index (χ3n) is 10.8. The molecule has 5 unspecified atom stereocenters. The zero-order chi connectivity index (χ0) is 38.3. The van der Waals surface area contributed by atoms with Crippen LogP contribution in [0.2, 0.25) is 0 Å². The van der Waals surface area contributed by atoms with Gasteiger partial charge in [0.15, 0.2) is 12.6 Å². The van der Waals surface area contributed by atoms with Crippen LogP contribution in [0.25, 0.3) is 18.2 Å². The molecule has 0 radical (unpaired) electrons. The minimum atomic E-state index is -0.274. The Balaban J connectivity index is 0.000000215. The number of allylic oxidation sites excluding steroid dienone is 2. The first kappa shape index (κ1) is 41.2. The Morgan fingerprint density at radius 2 is 1.49 bits per heavy atom. The molecular formula is C46H58O7. The monoisotopic (exact) mass is 722 g/mol. The van der Waals surface area contributed by atoms with E-state index in [2.05, 4.69) is 46.1 Å². The molecule has 1 aliphatic heterocycles. The van der Waals surface area contributed by atoms with Crippen LogP contribution in [0.4, 0.5) is 0 Å². The number of ether oxygens (including phenoxy) is 5. The van der Waals surface area contributed by atoms with Crippen molar-refractivity contribution in [1.82, 2.24) is 0 Å². The number of carbonyl (C=O) groups excluding carboxylic acids is 1. The van der Waals surface area contributed by atoms with Crippen LogP contribution in [0.15, 0.2) is 104 Å². The largest absolute Gasteiger partial charge is 0.508 e. The lowest BCUT2D eigenvalue weighted by atomic mass is 9.70. The number of phenolic OH excluding ortho intramolecular Hbond substituents is 1. The van der Waals surface area contributed by atoms with Crippen molar-refractivity contribution in [2.24, 2.45) is 16.7 Å². The van der Waals surface area contributed by atoms with Crippen molar-refractivity contribution in [2.45, 2.75) is 91.8 Å². The van der Waals surface area contributed by atoms with Crippen molar-refractivity contribution in [3.8, 4) is 17.2 Å². The molecule has 7 heteroatoms. The van der Waals surface area contributed by atoms with Crippen molar-refractivity contribution in [2.75, 3.05) is 13.2 Å². The van der Waals surface area contributed by atoms with Crippen molar-refractivity contribution in [1.29, 1.82) is 0 Å². The predicted octanol–water partition coefficient (Wildman–Crippen LogP) is 11.0. The highest BCUT2D eigenvalue weighted by atomic mass is 16.7. The molecule has 3 aromatic rings. The summed E-state index contributed by atoms with van der Waals surface area (Å²) < 4.78 is 28.0. The van der Waals surface area contributed by atoms with E-state index in [1.165, 1.54) is 25.3 Å². The van der Waals surface area contributed by atoms with Gasteiger partial charge in [-0.3, -0.25) is 0 Å². The second-order valence-electron chi connectivity index (χ2n) is 14.4. The summed E-state index contributed by atoms with van der Waals surface area (Å²) in [5.74, 6) is 2.39. The smallest absolute Gasteiger partial charge is 0.330 e. The maximum absolute atomic E-state index is 11.3. The van der Waals surface area contributed by atoms with Gasteiger partial charge in [-0.25, -0.2) is 4.79 Å². The van der Waals surface area contributed by atoms with E-state index in [0.717, 1.165) is 54.1 Å². The van der Waals surface area contributed by atoms with Crippen LogP contribution < -0.4 is 9.47 Å². The van der Waals surface area contributed by atoms with Gasteiger partial charge in [0, 0.05) is 24.5 Å². The Morgan fingerprint density at radius 1 is 0.887 bits per heavy atom. The molecule has 1 saturated heterocycles. The maximum Gasteiger partial charge on any atom is 0.330 e. The summed E-state index contributed by atoms with van der Waals surface area (Å²) in [7, 11) is 0. The minimum Gasteiger partial charge on any atom is -0.508 e. The molecule has 1 heterocycles. The van der Waals surface area contributed by atoms with E-state index in [0.29, 0.717) is 23.7 Å². The van der Waals surface area contributed by atoms with Gasteiger partial charge in [-0.2, -0.15) is 0 Å². The van der Waals surface area contributed by atoms with Gasteiger partial charge >= 0.3 is 5.97 Å². The lowest BCUT2D eigenvalue weighted by molar-refractivity contribution is -0.150. The van der Waals surface area contributed by atoms with E-state index in [1.807, 2.05) is 86.7 Å². The van der Waals surface area contributed by atoms with Gasteiger partial charge in [0.1, 0.15) is 23.4 Å². The predicted molar refractivity (Wildman–Crippen MR) is 214 cm³/mol. The highest BCUT2D eigenvalue weighted by Crippen LogP contribution is 2.66. The number of aromatic hydroxyl groups is 1. The number of benzene rings is 3. The minimum absolute atomic E-state index is 0.0942. The van der Waals surface area contributed by atoms with E-state index >= 15 is 0 Å². The number of carbonyl (C=O) groups is 1. The molecule has 5 atom stereocenters. The molecule has 6 rings (SSSR count). The van der Waals surface area contributed by atoms with Crippen LogP contribution in [0.3, 0.4) is 0 Å². The molecule has 284 valence electrons. The summed E-state index contributed by atoms with van der Waals surface area (Å²) >= 11 is 0. The SMILES string of the molecule is C=CC(=O)OC1CC2CCC1(C)C2(C)C.C=Cc1ccc(O)cc1.CCOC(C)Oc1ccc(C=CC=Cc2ccc(OC3CCCCO3)cc2)cc1. The molecule has 7 nitrogen and oxygen atoms in total. The van der Waals surface area contributed by atoms with E-state index in [1.54, 1.807) is 18.2 Å². The van der Waals surface area contributed by atoms with Gasteiger partial charge in [0.05, 0.1) is 6.61 Å². The fourth-order valence-corrected chi connectivity index (χ4v) is 7.17. The zero-order valence-corrected chi connectivity index (χ0v) is 32.2. The Bertz CT molecular complexity index is 1630. The lowest BCUT2D eigenvalue weighted by Gasteiger charge is -2.38. The third-order valence-corrected chi connectivity index (χ3v) is 10.8. The van der Waals surface area contributed by atoms with Gasteiger partial charge in [0.2, 0.25) is 0 Å². The van der Waals surface area contributed by atoms with Crippen molar-refractivity contribution >= 4 is 24.2 Å². The second kappa shape index (κ2) is 20.0. The van der Waals surface area contributed by atoms with E-state index in [-0.39, 0.29) is 30.1 Å². The Hall–Kier alpha value is -4.59. The van der Waals surface area contributed by atoms with Crippen molar-refractivity contribution in [3.05, 3.63) is 121 Å². The summed E-state index contributed by atoms with van der Waals surface area (Å²) in [6.45, 7) is 19.2. The first-order valence-corrected chi connectivity index (χ1v) is 18.8. The van der Waals surface area contributed by atoms with Crippen molar-refractivity contribution in [3.63, 3.8) is 0 Å². The van der Waals surface area contributed by atoms with Crippen LogP contribution in [0, 0.1) is 16.7 Å². The molecular weight excluding hydrogens is 664 g/mol. The van der Waals surface area contributed by atoms with E-state index in [4.69, 9.17) is 28.8 Å². The number of fused-ring (bicyclic) bond motifs is 2. The molecule has 0 aromatic heterocycles. The van der Waals surface area contributed by atoms with Crippen LogP contribution >= 0.6 is 0 Å². The summed E-state index contributed by atoms with van der Waals surface area (Å²) in [5, 5.41) is 8.82. The van der Waals surface area contributed by atoms with E-state index < -0.39 is 0 Å². The molecule has 1 N–H and O–H groups in total. The molecule has 2 bridgehead atoms. The molecule has 3 aliphatic rings. The number of phenols is 1. The van der Waals surface area contributed by atoms with Gasteiger partial charge in [-0.15, -0.1) is 0 Å². The molecule has 2 saturated carbocycles. The Morgan fingerprint density at radius 3 is 1.98 bits per heavy atom. The quantitative estimate of drug-likeness (QED) is 0.0862. The number of hydrogen-bond acceptors (Lipinski definition) is 7. The number of rotatable bonds is 12. The fraction of sp³-hybridized carbons (Fsp3) is 0.413. The molecule has 53 heavy (non-hydrogen) atoms. The van der Waals surface area contributed by atoms with Gasteiger partial charge in [-0.05, 0) is 110 Å². The maximum atomic E-state index is 11.3. The van der Waals surface area contributed by atoms with Crippen LogP contribution in [-0.4, -0.2) is 43.0 Å². The topological polar surface area (TPSA) is 83.5 Å². The highest BCUT2D eigenvalue weighted by Gasteiger charge is 2.62. The molecule has 0 spiro atoms. The number of esters is 1. The summed E-state index contributed by atoms with van der Waals surface area (Å²) in [6.07, 6.45) is 17.7. The molecule has 2 aliphatic carbocycles. The highest BCUT2D eigenvalue weighted by molar-refractivity contribution is 5.81. The molecule has 3 fully saturated rings. The van der Waals surface area contributed by atoms with Crippen molar-refractivity contribution < 1.29 is 33.6 Å². The third kappa shape index (κ3) is 12.0. The van der Waals surface area contributed by atoms with Gasteiger partial charge in [-0.1, -0.05) is 101 Å². The average molecular weight is 723 g/mol. The fourth-order valence-electron chi connectivity index (χ4n) is 7.17. The summed E-state index contributed by atoms with van der Waals surface area (Å²) in [5.41, 5.74) is 3.73.